The number of halogens is 12. The average molecular weight is 1040 g/mol. The molecule has 366 valence electrons. The fourth-order valence-corrected chi connectivity index (χ4v) is 9.54. The molecular formula is C43H33ClF11N7O5S2. The number of nitrogens with one attached hydrogen (secondary N) is 2. The number of benzene rings is 2. The van der Waals surface area contributed by atoms with Gasteiger partial charge >= 0.3 is 18.3 Å². The Kier molecular flexibility index (Phi) is 11.9. The number of rotatable bonds is 11. The van der Waals surface area contributed by atoms with Gasteiger partial charge < -0.3 is 5.32 Å². The highest BCUT2D eigenvalue weighted by Crippen LogP contribution is 2.58. The molecule has 0 saturated carbocycles. The second-order valence-corrected chi connectivity index (χ2v) is 22.0. The van der Waals surface area contributed by atoms with E-state index in [4.69, 9.17) is 11.6 Å². The molecule has 0 saturated heterocycles. The summed E-state index contributed by atoms with van der Waals surface area (Å²) in [6.45, 7) is -0.795. The molecule has 4 atom stereocenters. The van der Waals surface area contributed by atoms with Crippen LogP contribution in [0.5, 0.6) is 0 Å². The maximum absolute atomic E-state index is 15.9. The van der Waals surface area contributed by atoms with E-state index in [1.165, 1.54) is 13.8 Å². The maximum Gasteiger partial charge on any atom is 0.435 e. The Morgan fingerprint density at radius 2 is 1.62 bits per heavy atom. The van der Waals surface area contributed by atoms with Crippen molar-refractivity contribution in [3.63, 3.8) is 0 Å². The minimum atomic E-state index is -5.29. The number of amides is 1. The zero-order valence-electron chi connectivity index (χ0n) is 35.9. The molecule has 3 heterocycles. The number of carbonyl (C=O) groups is 1. The second kappa shape index (κ2) is 16.6. The van der Waals surface area contributed by atoms with E-state index < -0.39 is 156 Å². The lowest BCUT2D eigenvalue weighted by Crippen LogP contribution is -2.36. The summed E-state index contributed by atoms with van der Waals surface area (Å²) in [5.41, 5.74) is -6.24. The number of pyridine rings is 1. The van der Waals surface area contributed by atoms with Crippen LogP contribution in [-0.4, -0.2) is 76.9 Å². The van der Waals surface area contributed by atoms with E-state index >= 15 is 13.2 Å². The molecule has 69 heavy (non-hydrogen) atoms. The Morgan fingerprint density at radius 3 is 2.20 bits per heavy atom. The molecule has 0 bridgehead atoms. The summed E-state index contributed by atoms with van der Waals surface area (Å²) in [6.07, 6.45) is -12.4. The third kappa shape index (κ3) is 9.32. The number of alkyl halides is 9. The van der Waals surface area contributed by atoms with Crippen LogP contribution < -0.4 is 10.0 Å². The highest BCUT2D eigenvalue weighted by molar-refractivity contribution is 7.92. The summed E-state index contributed by atoms with van der Waals surface area (Å²) in [5.74, 6) is -2.23. The van der Waals surface area contributed by atoms with Crippen LogP contribution in [0.4, 0.5) is 54.1 Å². The lowest BCUT2D eigenvalue weighted by molar-refractivity contribution is -0.143. The molecular weight excluding hydrogens is 1000 g/mol. The van der Waals surface area contributed by atoms with Gasteiger partial charge in [0.2, 0.25) is 15.9 Å². The molecule has 5 aromatic rings. The van der Waals surface area contributed by atoms with E-state index in [2.05, 4.69) is 44.2 Å². The molecule has 1 amide bonds. The van der Waals surface area contributed by atoms with Crippen LogP contribution >= 0.6 is 11.6 Å². The first-order valence-electron chi connectivity index (χ1n) is 20.2. The molecule has 0 unspecified atom stereocenters. The predicted octanol–water partition coefficient (Wildman–Crippen LogP) is 7.71. The molecule has 0 spiro atoms. The number of aromatic nitrogens is 5. The van der Waals surface area contributed by atoms with Gasteiger partial charge in [0.1, 0.15) is 52.9 Å². The standard InChI is InChI=1S/C43H33ClF11N7O5S2/c1-40(2,68(3,64)65)10-9-29-25-15-22(47)16-26(25)32(24-6-8-28(44)34-36(24)62(18-41(48,49)50)59-39(34)60-69(4,66)67)35(57-29)30(13-19-11-20(45)14-21(46)12-19)56-31(63)17-61-38-33(37(58-61)43(53,54)55)23-5-7-27(23)42(38,51)52/h6,8,11-12,14,22-23,27,30H,13,15-18H2,1-4H3,(H,56,63)(H,59,60)/t22-,23-,27+,30-/m0/s1. The second-order valence-electron chi connectivity index (χ2n) is 17.3. The zero-order chi connectivity index (χ0) is 50.7. The van der Waals surface area contributed by atoms with Crippen molar-refractivity contribution in [3.05, 3.63) is 92.0 Å². The van der Waals surface area contributed by atoms with E-state index in [1.54, 1.807) is 0 Å². The summed E-state index contributed by atoms with van der Waals surface area (Å²) in [6, 6.07) is 2.50. The van der Waals surface area contributed by atoms with Gasteiger partial charge in [-0.15, -0.1) is 0 Å². The minimum Gasteiger partial charge on any atom is -0.346 e. The Balaban J connectivity index is 1.41. The Morgan fingerprint density at radius 1 is 0.971 bits per heavy atom. The highest BCUT2D eigenvalue weighted by atomic mass is 35.5. The van der Waals surface area contributed by atoms with E-state index in [0.717, 1.165) is 30.5 Å². The van der Waals surface area contributed by atoms with Crippen LogP contribution in [0.1, 0.15) is 70.8 Å². The topological polar surface area (TPSA) is 158 Å². The molecule has 2 aromatic carbocycles. The molecule has 26 heteroatoms. The van der Waals surface area contributed by atoms with Crippen molar-refractivity contribution in [1.82, 2.24) is 29.9 Å². The van der Waals surface area contributed by atoms with Gasteiger partial charge in [-0.25, -0.2) is 35.0 Å². The Hall–Kier alpha value is -5.92. The van der Waals surface area contributed by atoms with E-state index in [1.807, 2.05) is 4.72 Å². The van der Waals surface area contributed by atoms with Crippen LogP contribution in [0.25, 0.3) is 22.0 Å². The molecule has 3 aliphatic rings. The number of hydrogen-bond acceptors (Lipinski definition) is 8. The Labute approximate surface area is 389 Å². The number of sulfone groups is 1. The largest absolute Gasteiger partial charge is 0.435 e. The number of hydrogen-bond donors (Lipinski definition) is 2. The molecule has 0 aliphatic heterocycles. The number of sulfonamides is 1. The molecule has 2 N–H and O–H groups in total. The van der Waals surface area contributed by atoms with Crippen LogP contribution in [0, 0.1) is 41.2 Å². The fourth-order valence-electron chi connectivity index (χ4n) is 8.56. The zero-order valence-corrected chi connectivity index (χ0v) is 38.2. The van der Waals surface area contributed by atoms with E-state index in [-0.39, 0.29) is 43.2 Å². The number of nitrogens with zero attached hydrogens (tertiary/aromatic N) is 5. The van der Waals surface area contributed by atoms with Crippen LogP contribution in [0.2, 0.25) is 5.02 Å². The van der Waals surface area contributed by atoms with Crippen molar-refractivity contribution in [1.29, 1.82) is 0 Å². The predicted molar refractivity (Wildman–Crippen MR) is 227 cm³/mol. The van der Waals surface area contributed by atoms with Crippen LogP contribution in [0.15, 0.2) is 30.3 Å². The lowest BCUT2D eigenvalue weighted by Gasteiger charge is -2.26. The van der Waals surface area contributed by atoms with Crippen LogP contribution in [-0.2, 0) is 69.1 Å². The van der Waals surface area contributed by atoms with E-state index in [0.29, 0.717) is 17.0 Å². The number of fused-ring (bicyclic) bond motifs is 5. The molecule has 12 nitrogen and oxygen atoms in total. The normalized spacial score (nSPS) is 18.9. The Bertz CT molecular complexity index is 3360. The van der Waals surface area contributed by atoms with Crippen molar-refractivity contribution in [2.75, 3.05) is 17.2 Å². The maximum atomic E-state index is 15.9. The lowest BCUT2D eigenvalue weighted by atomic mass is 9.84. The van der Waals surface area contributed by atoms with Crippen molar-refractivity contribution in [2.24, 2.45) is 5.92 Å². The third-order valence-corrected chi connectivity index (χ3v) is 14.6. The van der Waals surface area contributed by atoms with Gasteiger partial charge in [0.25, 0.3) is 0 Å². The van der Waals surface area contributed by atoms with Gasteiger partial charge in [-0.2, -0.15) is 45.3 Å². The number of carbonyl (C=O) groups excluding carboxylic acids is 1. The van der Waals surface area contributed by atoms with Gasteiger partial charge in [-0.3, -0.25) is 18.9 Å². The molecule has 3 aromatic heterocycles. The van der Waals surface area contributed by atoms with Crippen LogP contribution in [0.3, 0.4) is 0 Å². The van der Waals surface area contributed by atoms with Crippen molar-refractivity contribution in [3.8, 4) is 34.8 Å². The minimum absolute atomic E-state index is 0.00902. The van der Waals surface area contributed by atoms with Gasteiger partial charge in [0.15, 0.2) is 21.3 Å². The summed E-state index contributed by atoms with van der Waals surface area (Å²) >= 11 is 6.54. The summed E-state index contributed by atoms with van der Waals surface area (Å²) in [5, 5.41) is 8.89. The third-order valence-electron chi connectivity index (χ3n) is 11.7. The monoisotopic (exact) mass is 1040 g/mol. The molecule has 8 rings (SSSR count). The van der Waals surface area contributed by atoms with Gasteiger partial charge in [0, 0.05) is 41.9 Å². The first kappa shape index (κ1) is 49.5. The van der Waals surface area contributed by atoms with Crippen molar-refractivity contribution >= 4 is 54.1 Å². The molecule has 0 fully saturated rings. The first-order chi connectivity index (χ1) is 31.7. The van der Waals surface area contributed by atoms with E-state index in [9.17, 15) is 56.8 Å². The smallest absolute Gasteiger partial charge is 0.346 e. The summed E-state index contributed by atoms with van der Waals surface area (Å²) in [7, 11) is -8.24. The molecule has 3 aliphatic carbocycles. The highest BCUT2D eigenvalue weighted by Gasteiger charge is 2.62. The van der Waals surface area contributed by atoms with Crippen molar-refractivity contribution < 1.29 is 69.9 Å². The fraction of sp³-hybridized carbons (Fsp3) is 0.395. The first-order valence-corrected chi connectivity index (χ1v) is 24.4. The van der Waals surface area contributed by atoms with Gasteiger partial charge in [-0.1, -0.05) is 35.4 Å². The molecule has 0 radical (unpaired) electrons. The average Bonchev–Trinajstić information content (AvgIpc) is 3.87. The number of anilines is 1. The van der Waals surface area contributed by atoms with Gasteiger partial charge in [-0.05, 0) is 61.1 Å². The SMILES string of the molecule is CC(C)(C#Cc1nc([C@H](Cc2cc(F)cc(F)c2)NC(=O)Cn2nc(C(F)(F)F)c3c2C(F)(F)[C@@H]2C#C[C@H]32)c(-c2ccc(Cl)c3c(NS(C)(=O)=O)nn(CC(F)(F)F)c23)c2c1C[C@H](F)C2)S(C)(=O)=O. The summed E-state index contributed by atoms with van der Waals surface area (Å²) in [4.78, 5) is 18.9. The summed E-state index contributed by atoms with van der Waals surface area (Å²) < 4.78 is 214. The van der Waals surface area contributed by atoms with Crippen molar-refractivity contribution in [2.45, 2.75) is 87.4 Å². The quantitative estimate of drug-likeness (QED) is 0.101. The van der Waals surface area contributed by atoms with Gasteiger partial charge in [0.05, 0.1) is 39.8 Å².